The average molecular weight is 615 g/mol. The van der Waals surface area contributed by atoms with E-state index in [2.05, 4.69) is 31.2 Å². The van der Waals surface area contributed by atoms with Gasteiger partial charge in [0.2, 0.25) is 23.6 Å². The first kappa shape index (κ1) is 36.0. The number of nitrogens with one attached hydrogen (secondary N) is 5. The molecule has 4 amide bonds. The highest BCUT2D eigenvalue weighted by atomic mass is 32.2. The van der Waals surface area contributed by atoms with Gasteiger partial charge in [0.25, 0.3) is 0 Å². The zero-order chi connectivity index (χ0) is 31.7. The van der Waals surface area contributed by atoms with Crippen molar-refractivity contribution in [2.24, 2.45) is 5.41 Å². The van der Waals surface area contributed by atoms with Crippen molar-refractivity contribution < 1.29 is 48.5 Å². The topological polar surface area (TPSA) is 246 Å². The Balaban J connectivity index is 2.23. The minimum atomic E-state index is -1.62. The molecule has 0 fully saturated rings. The summed E-state index contributed by atoms with van der Waals surface area (Å²) >= 11 is 0.910. The van der Waals surface area contributed by atoms with Gasteiger partial charge in [-0.1, -0.05) is 25.6 Å². The number of carbonyl (C=O) groups excluding carboxylic acids is 6. The number of H-pyrrole nitrogens is 1. The third kappa shape index (κ3) is 15.1. The first-order chi connectivity index (χ1) is 19.7. The van der Waals surface area contributed by atoms with Crippen LogP contribution >= 0.6 is 11.8 Å². The number of aliphatic hydroxyl groups excluding tert-OH is 1. The van der Waals surface area contributed by atoms with Gasteiger partial charge in [0.05, 0.1) is 25.8 Å². The van der Waals surface area contributed by atoms with Crippen LogP contribution in [-0.4, -0.2) is 105 Å². The van der Waals surface area contributed by atoms with Crippen molar-refractivity contribution in [3.8, 4) is 0 Å². The molecule has 0 saturated carbocycles. The molecule has 0 radical (unpaired) electrons. The summed E-state index contributed by atoms with van der Waals surface area (Å²) in [5.74, 6) is -4.37. The molecule has 0 spiro atoms. The monoisotopic (exact) mass is 614 g/mol. The molecular formula is C25H38N6O10S. The molecule has 0 unspecified atom stereocenters. The Bertz CT molecular complexity index is 1100. The molecule has 42 heavy (non-hydrogen) atoms. The number of aromatic nitrogens is 2. The summed E-state index contributed by atoms with van der Waals surface area (Å²) in [6, 6.07) is -1.48. The summed E-state index contributed by atoms with van der Waals surface area (Å²) in [5, 5.41) is 28.8. The predicted octanol–water partition coefficient (Wildman–Crippen LogP) is -1.75. The van der Waals surface area contributed by atoms with E-state index in [1.165, 1.54) is 20.2 Å². The van der Waals surface area contributed by atoms with Crippen LogP contribution in [0.15, 0.2) is 12.5 Å². The van der Waals surface area contributed by atoms with Crippen LogP contribution in [-0.2, 0) is 44.7 Å². The van der Waals surface area contributed by atoms with Crippen molar-refractivity contribution in [2.75, 3.05) is 32.0 Å². The van der Waals surface area contributed by atoms with Gasteiger partial charge in [-0.05, 0) is 0 Å². The highest BCUT2D eigenvalue weighted by Gasteiger charge is 2.35. The van der Waals surface area contributed by atoms with E-state index >= 15 is 0 Å². The van der Waals surface area contributed by atoms with E-state index in [1.807, 2.05) is 0 Å². The largest absolute Gasteiger partial charge is 0.480 e. The summed E-state index contributed by atoms with van der Waals surface area (Å²) in [6.45, 7) is 4.01. The van der Waals surface area contributed by atoms with Crippen molar-refractivity contribution in [1.82, 2.24) is 31.2 Å². The van der Waals surface area contributed by atoms with Crippen LogP contribution < -0.4 is 21.3 Å². The normalized spacial score (nSPS) is 12.4. The second-order valence-electron chi connectivity index (χ2n) is 9.81. The van der Waals surface area contributed by atoms with Gasteiger partial charge >= 0.3 is 11.9 Å². The number of imidazole rings is 1. The van der Waals surface area contributed by atoms with Crippen LogP contribution in [0.2, 0.25) is 0 Å². The van der Waals surface area contributed by atoms with Gasteiger partial charge in [-0.3, -0.25) is 28.8 Å². The molecule has 1 aromatic heterocycles. The molecule has 1 rings (SSSR count). The third-order valence-electron chi connectivity index (χ3n) is 5.55. The predicted molar refractivity (Wildman–Crippen MR) is 149 cm³/mol. The van der Waals surface area contributed by atoms with Gasteiger partial charge in [-0.2, -0.15) is 0 Å². The first-order valence-corrected chi connectivity index (χ1v) is 14.0. The number of carbonyl (C=O) groups is 7. The number of esters is 1. The minimum Gasteiger partial charge on any atom is -0.480 e. The molecule has 0 aliphatic heterocycles. The van der Waals surface area contributed by atoms with E-state index < -0.39 is 66.2 Å². The maximum absolute atomic E-state index is 12.3. The number of amides is 4. The van der Waals surface area contributed by atoms with Gasteiger partial charge in [0, 0.05) is 62.5 Å². The maximum atomic E-state index is 12.3. The maximum Gasteiger partial charge on any atom is 0.326 e. The van der Waals surface area contributed by atoms with Gasteiger partial charge < -0.3 is 41.2 Å². The lowest BCUT2D eigenvalue weighted by Crippen LogP contribution is -2.47. The number of carboxylic acids is 1. The molecule has 0 aromatic carbocycles. The standard InChI is InChI=1S/C25H38N6O10S/c1-15(32)31-17(24(39)40)10-20(35)41-13-25(2,3)22(37)23(38)29-7-5-18(33)28-8-9-42-21(36)11-19(34)27-6-4-16-12-26-14-30-16/h12,14,17,22,37H,4-11,13H2,1-3H3,(H,26,30)(H,27,34)(H,28,33)(H,29,38)(H,31,32)(H,39,40)/t17-,22-/m0/s1. The van der Waals surface area contributed by atoms with Gasteiger partial charge in [0.1, 0.15) is 12.1 Å². The van der Waals surface area contributed by atoms with Gasteiger partial charge in [-0.25, -0.2) is 9.78 Å². The van der Waals surface area contributed by atoms with Crippen LogP contribution in [0.5, 0.6) is 0 Å². The molecule has 2 atom stereocenters. The number of rotatable bonds is 19. The Labute approximate surface area is 246 Å². The van der Waals surface area contributed by atoms with Crippen LogP contribution in [0.3, 0.4) is 0 Å². The van der Waals surface area contributed by atoms with Gasteiger partial charge in [-0.15, -0.1) is 0 Å². The highest BCUT2D eigenvalue weighted by molar-refractivity contribution is 8.13. The molecule has 0 aliphatic rings. The SMILES string of the molecule is CC(=O)N[C@@H](CC(=O)OCC(C)(C)[C@@H](O)C(=O)NCCC(=O)NCCSC(=O)CC(=O)NCCc1cnc[nH]1)C(=O)O. The molecule has 1 aromatic rings. The number of nitrogens with zero attached hydrogens (tertiary/aromatic N) is 1. The first-order valence-electron chi connectivity index (χ1n) is 13.0. The Kier molecular flexibility index (Phi) is 15.8. The third-order valence-corrected chi connectivity index (χ3v) is 6.43. The summed E-state index contributed by atoms with van der Waals surface area (Å²) in [7, 11) is 0. The minimum absolute atomic E-state index is 0.0978. The lowest BCUT2D eigenvalue weighted by atomic mass is 9.87. The van der Waals surface area contributed by atoms with Crippen molar-refractivity contribution in [3.63, 3.8) is 0 Å². The van der Waals surface area contributed by atoms with Crippen molar-refractivity contribution >= 4 is 52.4 Å². The Morgan fingerprint density at radius 2 is 1.74 bits per heavy atom. The molecule has 1 heterocycles. The van der Waals surface area contributed by atoms with Crippen molar-refractivity contribution in [2.45, 2.75) is 58.6 Å². The molecular weight excluding hydrogens is 576 g/mol. The van der Waals surface area contributed by atoms with Crippen molar-refractivity contribution in [3.05, 3.63) is 18.2 Å². The zero-order valence-electron chi connectivity index (χ0n) is 23.7. The van der Waals surface area contributed by atoms with Crippen LogP contribution in [0.4, 0.5) is 0 Å². The second kappa shape index (κ2) is 18.4. The number of hydrogen-bond acceptors (Lipinski definition) is 11. The molecule has 17 heteroatoms. The lowest BCUT2D eigenvalue weighted by Gasteiger charge is -2.29. The van der Waals surface area contributed by atoms with E-state index in [-0.39, 0.29) is 36.8 Å². The highest BCUT2D eigenvalue weighted by Crippen LogP contribution is 2.22. The second-order valence-corrected chi connectivity index (χ2v) is 11.0. The van der Waals surface area contributed by atoms with E-state index in [4.69, 9.17) is 9.84 Å². The number of aliphatic carboxylic acids is 1. The van der Waals surface area contributed by atoms with Crippen molar-refractivity contribution in [1.29, 1.82) is 0 Å². The molecule has 16 nitrogen and oxygen atoms in total. The number of thioether (sulfide) groups is 1. The van der Waals surface area contributed by atoms with Crippen LogP contribution in [0.25, 0.3) is 0 Å². The molecule has 234 valence electrons. The number of aliphatic hydroxyl groups is 1. The fourth-order valence-corrected chi connectivity index (χ4v) is 3.88. The summed E-state index contributed by atoms with van der Waals surface area (Å²) < 4.78 is 5.00. The van der Waals surface area contributed by atoms with Crippen LogP contribution in [0, 0.1) is 5.41 Å². The molecule has 0 saturated heterocycles. The summed E-state index contributed by atoms with van der Waals surface area (Å²) in [6.07, 6.45) is 1.08. The fraction of sp³-hybridized carbons (Fsp3) is 0.600. The molecule has 7 N–H and O–H groups in total. The Morgan fingerprint density at radius 1 is 1.05 bits per heavy atom. The molecule has 0 bridgehead atoms. The quantitative estimate of drug-likeness (QED) is 0.0521. The van der Waals surface area contributed by atoms with E-state index in [0.29, 0.717) is 13.0 Å². The van der Waals surface area contributed by atoms with E-state index in [9.17, 15) is 38.7 Å². The van der Waals surface area contributed by atoms with Crippen LogP contribution in [0.1, 0.15) is 45.7 Å². The summed E-state index contributed by atoms with van der Waals surface area (Å²) in [5.41, 5.74) is -0.394. The Morgan fingerprint density at radius 3 is 2.36 bits per heavy atom. The average Bonchev–Trinajstić information content (AvgIpc) is 3.42. The fourth-order valence-electron chi connectivity index (χ4n) is 3.21. The number of hydrogen-bond donors (Lipinski definition) is 7. The lowest BCUT2D eigenvalue weighted by molar-refractivity contribution is -0.156. The van der Waals surface area contributed by atoms with E-state index in [1.54, 1.807) is 6.20 Å². The number of ether oxygens (including phenoxy) is 1. The smallest absolute Gasteiger partial charge is 0.326 e. The number of aromatic amines is 1. The van der Waals surface area contributed by atoms with Gasteiger partial charge in [0.15, 0.2) is 5.12 Å². The molecule has 0 aliphatic carbocycles. The van der Waals surface area contributed by atoms with E-state index in [0.717, 1.165) is 24.4 Å². The Hall–Kier alpha value is -3.99. The number of carboxylic acid groups (broad SMARTS) is 1. The summed E-state index contributed by atoms with van der Waals surface area (Å²) in [4.78, 5) is 89.0. The zero-order valence-corrected chi connectivity index (χ0v) is 24.5.